The maximum atomic E-state index is 11.4. The van der Waals surface area contributed by atoms with Crippen molar-refractivity contribution in [3.05, 3.63) is 35.4 Å². The van der Waals surface area contributed by atoms with Gasteiger partial charge in [-0.3, -0.25) is 9.69 Å². The van der Waals surface area contributed by atoms with Crippen LogP contribution in [0.4, 0.5) is 0 Å². The molecule has 2 rings (SSSR count). The zero-order valence-corrected chi connectivity index (χ0v) is 11.6. The third kappa shape index (κ3) is 3.78. The Morgan fingerprint density at radius 3 is 2.95 bits per heavy atom. The van der Waals surface area contributed by atoms with Crippen molar-refractivity contribution in [3.63, 3.8) is 0 Å². The molecule has 4 nitrogen and oxygen atoms in total. The standard InChI is InChI=1S/C15H23N3O/c1-18(13-6-4-9-17-10-8-13)11-12-5-2-3-7-14(12)15(16)19/h2-3,5,7,13,17H,4,6,8-11H2,1H3,(H2,16,19). The number of hydrogen-bond donors (Lipinski definition) is 2. The Morgan fingerprint density at radius 2 is 2.16 bits per heavy atom. The first-order chi connectivity index (χ1) is 9.18. The van der Waals surface area contributed by atoms with E-state index in [4.69, 9.17) is 5.73 Å². The van der Waals surface area contributed by atoms with E-state index >= 15 is 0 Å². The highest BCUT2D eigenvalue weighted by molar-refractivity contribution is 5.94. The summed E-state index contributed by atoms with van der Waals surface area (Å²) >= 11 is 0. The Hall–Kier alpha value is -1.39. The lowest BCUT2D eigenvalue weighted by Crippen LogP contribution is -2.32. The number of nitrogens with zero attached hydrogens (tertiary/aromatic N) is 1. The van der Waals surface area contributed by atoms with Gasteiger partial charge in [0.15, 0.2) is 0 Å². The molecule has 1 aliphatic rings. The smallest absolute Gasteiger partial charge is 0.249 e. The van der Waals surface area contributed by atoms with Gasteiger partial charge in [0.2, 0.25) is 5.91 Å². The summed E-state index contributed by atoms with van der Waals surface area (Å²) < 4.78 is 0. The van der Waals surface area contributed by atoms with Crippen molar-refractivity contribution < 1.29 is 4.79 Å². The number of rotatable bonds is 4. The molecule has 1 unspecified atom stereocenters. The SMILES string of the molecule is CN(Cc1ccccc1C(N)=O)C1CCCNCC1. The normalized spacial score (nSPS) is 20.2. The van der Waals surface area contributed by atoms with E-state index in [1.165, 1.54) is 12.8 Å². The van der Waals surface area contributed by atoms with E-state index in [0.29, 0.717) is 11.6 Å². The van der Waals surface area contributed by atoms with Crippen LogP contribution in [0.15, 0.2) is 24.3 Å². The Kier molecular flexibility index (Phi) is 4.93. The monoisotopic (exact) mass is 261 g/mol. The molecule has 19 heavy (non-hydrogen) atoms. The van der Waals surface area contributed by atoms with Crippen molar-refractivity contribution in [3.8, 4) is 0 Å². The minimum absolute atomic E-state index is 0.341. The van der Waals surface area contributed by atoms with Crippen molar-refractivity contribution in [1.82, 2.24) is 10.2 Å². The van der Waals surface area contributed by atoms with E-state index in [1.807, 2.05) is 18.2 Å². The van der Waals surface area contributed by atoms with Crippen LogP contribution in [0.5, 0.6) is 0 Å². The van der Waals surface area contributed by atoms with Gasteiger partial charge < -0.3 is 11.1 Å². The van der Waals surface area contributed by atoms with Crippen molar-refractivity contribution in [2.24, 2.45) is 5.73 Å². The molecule has 1 aliphatic heterocycles. The molecule has 0 aliphatic carbocycles. The van der Waals surface area contributed by atoms with Crippen LogP contribution < -0.4 is 11.1 Å². The Labute approximate surface area is 115 Å². The van der Waals surface area contributed by atoms with E-state index in [-0.39, 0.29) is 5.91 Å². The average Bonchev–Trinajstić information content (AvgIpc) is 2.68. The van der Waals surface area contributed by atoms with Gasteiger partial charge in [0.1, 0.15) is 0 Å². The third-order valence-corrected chi connectivity index (χ3v) is 3.87. The minimum Gasteiger partial charge on any atom is -0.366 e. The minimum atomic E-state index is -0.341. The number of nitrogens with one attached hydrogen (secondary N) is 1. The van der Waals surface area contributed by atoms with E-state index in [0.717, 1.165) is 31.6 Å². The van der Waals surface area contributed by atoms with Gasteiger partial charge in [-0.1, -0.05) is 18.2 Å². The van der Waals surface area contributed by atoms with Gasteiger partial charge in [-0.2, -0.15) is 0 Å². The fourth-order valence-electron chi connectivity index (χ4n) is 2.74. The Bertz CT molecular complexity index is 425. The van der Waals surface area contributed by atoms with Gasteiger partial charge in [0, 0.05) is 18.2 Å². The molecule has 104 valence electrons. The van der Waals surface area contributed by atoms with Gasteiger partial charge in [-0.25, -0.2) is 0 Å². The molecule has 0 radical (unpaired) electrons. The molecule has 1 saturated heterocycles. The van der Waals surface area contributed by atoms with Crippen molar-refractivity contribution in [1.29, 1.82) is 0 Å². The van der Waals surface area contributed by atoms with Crippen LogP contribution in [0.3, 0.4) is 0 Å². The lowest BCUT2D eigenvalue weighted by Gasteiger charge is -2.27. The van der Waals surface area contributed by atoms with Crippen molar-refractivity contribution >= 4 is 5.91 Å². The first kappa shape index (κ1) is 14.0. The lowest BCUT2D eigenvalue weighted by molar-refractivity contribution is 0.0998. The van der Waals surface area contributed by atoms with E-state index in [1.54, 1.807) is 6.07 Å². The van der Waals surface area contributed by atoms with E-state index in [2.05, 4.69) is 17.3 Å². The fraction of sp³-hybridized carbons (Fsp3) is 0.533. The lowest BCUT2D eigenvalue weighted by atomic mass is 10.0. The molecule has 1 aromatic rings. The largest absolute Gasteiger partial charge is 0.366 e. The van der Waals surface area contributed by atoms with E-state index < -0.39 is 0 Å². The molecule has 1 aromatic carbocycles. The summed E-state index contributed by atoms with van der Waals surface area (Å²) in [4.78, 5) is 13.8. The molecule has 1 amide bonds. The maximum Gasteiger partial charge on any atom is 0.249 e. The molecule has 1 fully saturated rings. The summed E-state index contributed by atoms with van der Waals surface area (Å²) in [6.45, 7) is 2.97. The second-order valence-electron chi connectivity index (χ2n) is 5.27. The topological polar surface area (TPSA) is 58.4 Å². The van der Waals surface area contributed by atoms with Gasteiger partial charge in [0.05, 0.1) is 0 Å². The average molecular weight is 261 g/mol. The van der Waals surface area contributed by atoms with Crippen molar-refractivity contribution in [2.75, 3.05) is 20.1 Å². The predicted molar refractivity (Wildman–Crippen MR) is 76.9 cm³/mol. The molecule has 3 N–H and O–H groups in total. The zero-order valence-electron chi connectivity index (χ0n) is 11.6. The number of carbonyl (C=O) groups excluding carboxylic acids is 1. The number of nitrogens with two attached hydrogens (primary N) is 1. The second-order valence-corrected chi connectivity index (χ2v) is 5.27. The maximum absolute atomic E-state index is 11.4. The Balaban J connectivity index is 2.05. The molecular weight excluding hydrogens is 238 g/mol. The molecular formula is C15H23N3O. The molecule has 0 spiro atoms. The van der Waals surface area contributed by atoms with Crippen LogP contribution in [0, 0.1) is 0 Å². The second kappa shape index (κ2) is 6.68. The Morgan fingerprint density at radius 1 is 1.37 bits per heavy atom. The van der Waals surface area contributed by atoms with E-state index in [9.17, 15) is 4.79 Å². The first-order valence-electron chi connectivity index (χ1n) is 6.97. The predicted octanol–water partition coefficient (Wildman–Crippen LogP) is 1.36. The molecule has 0 saturated carbocycles. The molecule has 0 aromatic heterocycles. The quantitative estimate of drug-likeness (QED) is 0.860. The van der Waals surface area contributed by atoms with Gasteiger partial charge in [-0.05, 0) is 51.0 Å². The van der Waals surface area contributed by atoms with Crippen LogP contribution in [0.25, 0.3) is 0 Å². The summed E-state index contributed by atoms with van der Waals surface area (Å²) in [5.74, 6) is -0.341. The number of amides is 1. The fourth-order valence-corrected chi connectivity index (χ4v) is 2.74. The highest BCUT2D eigenvalue weighted by Crippen LogP contribution is 2.17. The number of hydrogen-bond acceptors (Lipinski definition) is 3. The van der Waals surface area contributed by atoms with Gasteiger partial charge in [0.25, 0.3) is 0 Å². The highest BCUT2D eigenvalue weighted by atomic mass is 16.1. The van der Waals surface area contributed by atoms with Crippen molar-refractivity contribution in [2.45, 2.75) is 31.8 Å². The van der Waals surface area contributed by atoms with Crippen LogP contribution in [-0.4, -0.2) is 37.0 Å². The van der Waals surface area contributed by atoms with Crippen LogP contribution in [-0.2, 0) is 6.54 Å². The number of carbonyl (C=O) groups is 1. The third-order valence-electron chi connectivity index (χ3n) is 3.87. The molecule has 1 heterocycles. The number of benzene rings is 1. The van der Waals surface area contributed by atoms with Crippen LogP contribution in [0.1, 0.15) is 35.2 Å². The van der Waals surface area contributed by atoms with Gasteiger partial charge in [-0.15, -0.1) is 0 Å². The summed E-state index contributed by atoms with van der Waals surface area (Å²) in [5, 5.41) is 3.42. The van der Waals surface area contributed by atoms with Crippen LogP contribution >= 0.6 is 0 Å². The van der Waals surface area contributed by atoms with Crippen LogP contribution in [0.2, 0.25) is 0 Å². The number of primary amides is 1. The summed E-state index contributed by atoms with van der Waals surface area (Å²) in [5.41, 5.74) is 7.09. The van der Waals surface area contributed by atoms with Gasteiger partial charge >= 0.3 is 0 Å². The highest BCUT2D eigenvalue weighted by Gasteiger charge is 2.18. The summed E-state index contributed by atoms with van der Waals surface area (Å²) in [7, 11) is 2.13. The zero-order chi connectivity index (χ0) is 13.7. The summed E-state index contributed by atoms with van der Waals surface area (Å²) in [6, 6.07) is 8.20. The summed E-state index contributed by atoms with van der Waals surface area (Å²) in [6.07, 6.45) is 3.59. The molecule has 1 atom stereocenters. The molecule has 0 bridgehead atoms. The molecule has 4 heteroatoms. The first-order valence-corrected chi connectivity index (χ1v) is 6.97.